The summed E-state index contributed by atoms with van der Waals surface area (Å²) in [6, 6.07) is 1.54. The summed E-state index contributed by atoms with van der Waals surface area (Å²) in [7, 11) is 0. The number of hydrogen-bond acceptors (Lipinski definition) is 3. The molecule has 3 fully saturated rings. The minimum absolute atomic E-state index is 0.268. The monoisotopic (exact) mass is 266 g/mol. The lowest BCUT2D eigenvalue weighted by molar-refractivity contribution is -0.152. The van der Waals surface area contributed by atoms with Gasteiger partial charge in [0.05, 0.1) is 5.60 Å². The Labute approximate surface area is 117 Å². The van der Waals surface area contributed by atoms with E-state index in [1.807, 2.05) is 0 Å². The highest BCUT2D eigenvalue weighted by Crippen LogP contribution is 2.44. The fraction of sp³-hybridized carbons (Fsp3) is 1.00. The number of nitrogens with zero attached hydrogens (tertiary/aromatic N) is 1. The predicted molar refractivity (Wildman–Crippen MR) is 78.2 cm³/mol. The van der Waals surface area contributed by atoms with Crippen LogP contribution in [0.4, 0.5) is 0 Å². The van der Waals surface area contributed by atoms with Crippen LogP contribution in [0.5, 0.6) is 0 Å². The summed E-state index contributed by atoms with van der Waals surface area (Å²) >= 11 is 0. The van der Waals surface area contributed by atoms with E-state index in [-0.39, 0.29) is 5.60 Å². The first-order chi connectivity index (χ1) is 9.33. The van der Waals surface area contributed by atoms with Crippen LogP contribution in [0, 0.1) is 0 Å². The van der Waals surface area contributed by atoms with Gasteiger partial charge in [-0.1, -0.05) is 19.3 Å². The van der Waals surface area contributed by atoms with E-state index < -0.39 is 0 Å². The van der Waals surface area contributed by atoms with Crippen molar-refractivity contribution in [2.75, 3.05) is 19.7 Å². The number of ether oxygens (including phenoxy) is 1. The van der Waals surface area contributed by atoms with Crippen molar-refractivity contribution in [2.45, 2.75) is 81.9 Å². The van der Waals surface area contributed by atoms with E-state index in [1.165, 1.54) is 64.2 Å². The highest BCUT2D eigenvalue weighted by molar-refractivity contribution is 4.97. The molecule has 2 N–H and O–H groups in total. The van der Waals surface area contributed by atoms with E-state index in [0.717, 1.165) is 31.8 Å². The van der Waals surface area contributed by atoms with Crippen molar-refractivity contribution in [3.63, 3.8) is 0 Å². The maximum atomic E-state index is 6.09. The summed E-state index contributed by atoms with van der Waals surface area (Å²) in [5, 5.41) is 0. The zero-order valence-corrected chi connectivity index (χ0v) is 12.3. The van der Waals surface area contributed by atoms with E-state index in [1.54, 1.807) is 0 Å². The number of rotatable bonds is 4. The van der Waals surface area contributed by atoms with Crippen LogP contribution in [-0.2, 0) is 4.74 Å². The van der Waals surface area contributed by atoms with Crippen LogP contribution in [0.3, 0.4) is 0 Å². The highest BCUT2D eigenvalue weighted by atomic mass is 16.5. The molecular weight excluding hydrogens is 236 g/mol. The second kappa shape index (κ2) is 6.11. The van der Waals surface area contributed by atoms with Crippen molar-refractivity contribution in [3.05, 3.63) is 0 Å². The van der Waals surface area contributed by atoms with Gasteiger partial charge >= 0.3 is 0 Å². The Bertz CT molecular complexity index is 284. The molecule has 1 spiro atoms. The molecule has 1 unspecified atom stereocenters. The Morgan fingerprint density at radius 2 is 1.79 bits per heavy atom. The Hall–Kier alpha value is -0.120. The van der Waals surface area contributed by atoms with Gasteiger partial charge in [-0.15, -0.1) is 0 Å². The van der Waals surface area contributed by atoms with Crippen LogP contribution < -0.4 is 5.73 Å². The topological polar surface area (TPSA) is 38.5 Å². The Morgan fingerprint density at radius 3 is 2.42 bits per heavy atom. The molecule has 1 aliphatic heterocycles. The molecule has 1 heterocycles. The van der Waals surface area contributed by atoms with Crippen LogP contribution in [0.2, 0.25) is 0 Å². The van der Waals surface area contributed by atoms with Crippen molar-refractivity contribution in [2.24, 2.45) is 5.73 Å². The molecule has 3 rings (SSSR count). The lowest BCUT2D eigenvalue weighted by Gasteiger charge is -2.51. The molecule has 19 heavy (non-hydrogen) atoms. The molecule has 0 aromatic heterocycles. The van der Waals surface area contributed by atoms with Gasteiger partial charge in [0.2, 0.25) is 0 Å². The van der Waals surface area contributed by atoms with E-state index in [0.29, 0.717) is 0 Å². The standard InChI is InChI=1S/C16H30N2O/c17-10-11-18(14-5-2-1-3-6-14)15-7-12-19-16(13-15)8-4-9-16/h14-15H,1-13,17H2. The van der Waals surface area contributed by atoms with Gasteiger partial charge in [-0.3, -0.25) is 4.90 Å². The van der Waals surface area contributed by atoms with Crippen molar-refractivity contribution < 1.29 is 4.74 Å². The minimum Gasteiger partial charge on any atom is -0.375 e. The largest absolute Gasteiger partial charge is 0.375 e. The van der Waals surface area contributed by atoms with E-state index in [2.05, 4.69) is 4.90 Å². The quantitative estimate of drug-likeness (QED) is 0.850. The Morgan fingerprint density at radius 1 is 1.00 bits per heavy atom. The van der Waals surface area contributed by atoms with Gasteiger partial charge in [0.1, 0.15) is 0 Å². The van der Waals surface area contributed by atoms with Gasteiger partial charge in [0.25, 0.3) is 0 Å². The lowest BCUT2D eigenvalue weighted by atomic mass is 9.73. The van der Waals surface area contributed by atoms with Crippen LogP contribution in [0.25, 0.3) is 0 Å². The van der Waals surface area contributed by atoms with Crippen molar-refractivity contribution in [1.29, 1.82) is 0 Å². The lowest BCUT2D eigenvalue weighted by Crippen LogP contribution is -2.55. The second-order valence-corrected chi connectivity index (χ2v) is 6.85. The van der Waals surface area contributed by atoms with Crippen molar-refractivity contribution in [3.8, 4) is 0 Å². The number of hydrogen-bond donors (Lipinski definition) is 1. The van der Waals surface area contributed by atoms with E-state index in [4.69, 9.17) is 10.5 Å². The maximum absolute atomic E-state index is 6.09. The molecule has 0 radical (unpaired) electrons. The smallest absolute Gasteiger partial charge is 0.0697 e. The van der Waals surface area contributed by atoms with Crippen LogP contribution in [0.1, 0.15) is 64.2 Å². The zero-order valence-electron chi connectivity index (χ0n) is 12.3. The van der Waals surface area contributed by atoms with Crippen LogP contribution in [-0.4, -0.2) is 42.3 Å². The van der Waals surface area contributed by atoms with Crippen molar-refractivity contribution >= 4 is 0 Å². The fourth-order valence-electron chi connectivity index (χ4n) is 4.43. The molecule has 0 aromatic carbocycles. The molecule has 3 aliphatic rings. The first-order valence-corrected chi connectivity index (χ1v) is 8.43. The molecule has 2 saturated carbocycles. The molecule has 0 amide bonds. The average molecular weight is 266 g/mol. The first-order valence-electron chi connectivity index (χ1n) is 8.43. The molecule has 1 atom stereocenters. The van der Waals surface area contributed by atoms with Crippen molar-refractivity contribution in [1.82, 2.24) is 4.90 Å². The molecule has 0 aromatic rings. The molecule has 2 aliphatic carbocycles. The van der Waals surface area contributed by atoms with Gasteiger partial charge < -0.3 is 10.5 Å². The summed E-state index contributed by atoms with van der Waals surface area (Å²) in [6.07, 6.45) is 13.5. The zero-order chi connectivity index (χ0) is 13.1. The molecule has 0 bridgehead atoms. The molecule has 3 heteroatoms. The van der Waals surface area contributed by atoms with Gasteiger partial charge in [-0.25, -0.2) is 0 Å². The fourth-order valence-corrected chi connectivity index (χ4v) is 4.43. The van der Waals surface area contributed by atoms with Gasteiger partial charge in [-0.05, 0) is 44.9 Å². The summed E-state index contributed by atoms with van der Waals surface area (Å²) in [5.74, 6) is 0. The average Bonchev–Trinajstić information content (AvgIpc) is 2.44. The highest BCUT2D eigenvalue weighted by Gasteiger charge is 2.44. The first kappa shape index (κ1) is 13.8. The summed E-state index contributed by atoms with van der Waals surface area (Å²) in [6.45, 7) is 2.87. The Balaban J connectivity index is 1.64. The van der Waals surface area contributed by atoms with Gasteiger partial charge in [-0.2, -0.15) is 0 Å². The molecular formula is C16H30N2O. The van der Waals surface area contributed by atoms with E-state index >= 15 is 0 Å². The summed E-state index contributed by atoms with van der Waals surface area (Å²) in [5.41, 5.74) is 6.15. The summed E-state index contributed by atoms with van der Waals surface area (Å²) < 4.78 is 6.09. The third-order valence-corrected chi connectivity index (χ3v) is 5.63. The summed E-state index contributed by atoms with van der Waals surface area (Å²) in [4.78, 5) is 2.77. The third kappa shape index (κ3) is 2.98. The minimum atomic E-state index is 0.268. The number of nitrogens with two attached hydrogens (primary N) is 1. The van der Waals surface area contributed by atoms with Gasteiger partial charge in [0, 0.05) is 31.8 Å². The SMILES string of the molecule is NCCN(C1CCCCC1)C1CCOC2(CCC2)C1. The maximum Gasteiger partial charge on any atom is 0.0697 e. The van der Waals surface area contributed by atoms with Crippen LogP contribution in [0.15, 0.2) is 0 Å². The van der Waals surface area contributed by atoms with Crippen LogP contribution >= 0.6 is 0 Å². The van der Waals surface area contributed by atoms with E-state index in [9.17, 15) is 0 Å². The molecule has 1 saturated heterocycles. The second-order valence-electron chi connectivity index (χ2n) is 6.85. The normalized spacial score (nSPS) is 31.6. The molecule has 110 valence electrons. The van der Waals surface area contributed by atoms with Gasteiger partial charge in [0.15, 0.2) is 0 Å². The molecule has 3 nitrogen and oxygen atoms in total. The third-order valence-electron chi connectivity index (χ3n) is 5.63. The Kier molecular flexibility index (Phi) is 4.45. The predicted octanol–water partition coefficient (Wildman–Crippen LogP) is 2.68.